The van der Waals surface area contributed by atoms with Gasteiger partial charge in [-0.3, -0.25) is 0 Å². The van der Waals surface area contributed by atoms with E-state index in [-0.39, 0.29) is 5.41 Å². The quantitative estimate of drug-likeness (QED) is 0.726. The van der Waals surface area contributed by atoms with Gasteiger partial charge < -0.3 is 10.1 Å². The lowest BCUT2D eigenvalue weighted by Gasteiger charge is -2.28. The molecule has 2 nitrogen and oxygen atoms in total. The predicted octanol–water partition coefficient (Wildman–Crippen LogP) is 2.13. The SMILES string of the molecule is COC1=C2NC=C([S+](C)C)C2(C)CC=C1. The summed E-state index contributed by atoms with van der Waals surface area (Å²) in [4.78, 5) is 1.50. The van der Waals surface area contributed by atoms with Gasteiger partial charge in [-0.15, -0.1) is 0 Å². The monoisotopic (exact) mass is 224 g/mol. The molecule has 0 aromatic rings. The zero-order valence-corrected chi connectivity index (χ0v) is 10.6. The lowest BCUT2D eigenvalue weighted by atomic mass is 9.81. The van der Waals surface area contributed by atoms with Gasteiger partial charge in [-0.2, -0.15) is 0 Å². The second-order valence-electron chi connectivity index (χ2n) is 4.35. The summed E-state index contributed by atoms with van der Waals surface area (Å²) in [5.74, 6) is 0.973. The maximum atomic E-state index is 5.40. The van der Waals surface area contributed by atoms with Crippen molar-refractivity contribution in [1.82, 2.24) is 5.32 Å². The lowest BCUT2D eigenvalue weighted by Crippen LogP contribution is -2.27. The van der Waals surface area contributed by atoms with Crippen molar-refractivity contribution in [3.05, 3.63) is 34.7 Å². The van der Waals surface area contributed by atoms with E-state index in [9.17, 15) is 0 Å². The van der Waals surface area contributed by atoms with E-state index >= 15 is 0 Å². The van der Waals surface area contributed by atoms with E-state index in [1.54, 1.807) is 7.11 Å². The number of rotatable bonds is 2. The van der Waals surface area contributed by atoms with Crippen LogP contribution in [0.5, 0.6) is 0 Å². The molecule has 1 heterocycles. The minimum absolute atomic E-state index is 0.132. The van der Waals surface area contributed by atoms with Crippen molar-refractivity contribution in [3.63, 3.8) is 0 Å². The Hall–Kier alpha value is -0.830. The number of ether oxygens (including phenoxy) is 1. The maximum Gasteiger partial charge on any atom is 0.159 e. The van der Waals surface area contributed by atoms with Crippen molar-refractivity contribution in [2.24, 2.45) is 5.41 Å². The van der Waals surface area contributed by atoms with E-state index in [1.807, 2.05) is 0 Å². The van der Waals surface area contributed by atoms with Crippen molar-refractivity contribution in [1.29, 1.82) is 0 Å². The van der Waals surface area contributed by atoms with Gasteiger partial charge in [0, 0.05) is 10.9 Å². The predicted molar refractivity (Wildman–Crippen MR) is 66.3 cm³/mol. The normalized spacial score (nSPS) is 29.0. The fraction of sp³-hybridized carbons (Fsp3) is 0.500. The molecule has 0 bridgehead atoms. The Morgan fingerprint density at radius 2 is 2.20 bits per heavy atom. The first kappa shape index (κ1) is 10.7. The molecule has 15 heavy (non-hydrogen) atoms. The highest BCUT2D eigenvalue weighted by Crippen LogP contribution is 2.47. The van der Waals surface area contributed by atoms with Gasteiger partial charge in [0.25, 0.3) is 0 Å². The Kier molecular flexibility index (Phi) is 2.59. The van der Waals surface area contributed by atoms with Gasteiger partial charge in [0.15, 0.2) is 4.91 Å². The van der Waals surface area contributed by atoms with Crippen LogP contribution in [0.4, 0.5) is 0 Å². The second kappa shape index (κ2) is 3.63. The molecule has 1 unspecified atom stereocenters. The number of fused-ring (bicyclic) bond motifs is 1. The van der Waals surface area contributed by atoms with Crippen LogP contribution in [0.15, 0.2) is 34.7 Å². The molecule has 2 rings (SSSR count). The number of hydrogen-bond acceptors (Lipinski definition) is 2. The van der Waals surface area contributed by atoms with Crippen LogP contribution in [0.2, 0.25) is 0 Å². The van der Waals surface area contributed by atoms with E-state index in [1.165, 1.54) is 10.6 Å². The first-order valence-electron chi connectivity index (χ1n) is 5.09. The van der Waals surface area contributed by atoms with Gasteiger partial charge in [0.2, 0.25) is 0 Å². The van der Waals surface area contributed by atoms with Gasteiger partial charge in [0.1, 0.15) is 18.3 Å². The van der Waals surface area contributed by atoms with Crippen LogP contribution in [-0.2, 0) is 15.6 Å². The molecule has 0 aromatic heterocycles. The average molecular weight is 224 g/mol. The Balaban J connectivity index is 2.43. The van der Waals surface area contributed by atoms with Gasteiger partial charge in [-0.1, -0.05) is 6.08 Å². The summed E-state index contributed by atoms with van der Waals surface area (Å²) < 4.78 is 5.40. The number of nitrogens with one attached hydrogen (secondary N) is 1. The zero-order chi connectivity index (χ0) is 11.1. The molecule has 0 aromatic carbocycles. The molecule has 0 saturated carbocycles. The van der Waals surface area contributed by atoms with Crippen LogP contribution in [-0.4, -0.2) is 19.6 Å². The average Bonchev–Trinajstić information content (AvgIpc) is 2.54. The Labute approximate surface area is 94.4 Å². The van der Waals surface area contributed by atoms with Gasteiger partial charge >= 0.3 is 0 Å². The molecular weight excluding hydrogens is 206 g/mol. The largest absolute Gasteiger partial charge is 0.495 e. The summed E-state index contributed by atoms with van der Waals surface area (Å²) in [5.41, 5.74) is 1.36. The molecule has 1 atom stereocenters. The maximum absolute atomic E-state index is 5.40. The number of allylic oxidation sites excluding steroid dienone is 3. The molecule has 0 saturated heterocycles. The van der Waals surface area contributed by atoms with E-state index in [4.69, 9.17) is 4.74 Å². The van der Waals surface area contributed by atoms with E-state index in [0.717, 1.165) is 12.2 Å². The van der Waals surface area contributed by atoms with Crippen molar-refractivity contribution in [3.8, 4) is 0 Å². The van der Waals surface area contributed by atoms with Crippen molar-refractivity contribution in [2.75, 3.05) is 19.6 Å². The van der Waals surface area contributed by atoms with Gasteiger partial charge in [-0.05, 0) is 19.4 Å². The third-order valence-corrected chi connectivity index (χ3v) is 4.59. The molecule has 0 fully saturated rings. The molecule has 1 aliphatic carbocycles. The lowest BCUT2D eigenvalue weighted by molar-refractivity contribution is 0.284. The standard InChI is InChI=1S/C12H18NOS/c1-12-7-5-6-9(14-2)11(12)13-8-10(12)15(3)4/h5-6,8,13H,7H2,1-4H3/q+1. The molecule has 0 spiro atoms. The van der Waals surface area contributed by atoms with E-state index in [2.05, 4.69) is 43.1 Å². The molecular formula is C12H18NOS+. The smallest absolute Gasteiger partial charge is 0.159 e. The van der Waals surface area contributed by atoms with Gasteiger partial charge in [0.05, 0.1) is 24.4 Å². The molecule has 3 heteroatoms. The van der Waals surface area contributed by atoms with Crippen LogP contribution < -0.4 is 5.32 Å². The van der Waals surface area contributed by atoms with Crippen molar-refractivity contribution in [2.45, 2.75) is 13.3 Å². The molecule has 2 aliphatic rings. The van der Waals surface area contributed by atoms with Crippen LogP contribution >= 0.6 is 0 Å². The summed E-state index contributed by atoms with van der Waals surface area (Å²) in [7, 11) is 2.04. The third-order valence-electron chi connectivity index (χ3n) is 3.14. The molecule has 1 aliphatic heterocycles. The highest BCUT2D eigenvalue weighted by atomic mass is 32.2. The summed E-state index contributed by atoms with van der Waals surface area (Å²) in [6.45, 7) is 2.30. The molecule has 0 radical (unpaired) electrons. The molecule has 1 N–H and O–H groups in total. The van der Waals surface area contributed by atoms with Crippen LogP contribution in [0.3, 0.4) is 0 Å². The minimum atomic E-state index is 0.132. The minimum Gasteiger partial charge on any atom is -0.495 e. The third kappa shape index (κ3) is 1.49. The first-order chi connectivity index (χ1) is 7.09. The molecule has 0 amide bonds. The van der Waals surface area contributed by atoms with E-state index in [0.29, 0.717) is 10.9 Å². The van der Waals surface area contributed by atoms with E-state index < -0.39 is 0 Å². The summed E-state index contributed by atoms with van der Waals surface area (Å²) >= 11 is 0. The number of methoxy groups -OCH3 is 1. The molecule has 82 valence electrons. The summed E-state index contributed by atoms with van der Waals surface area (Å²) in [6, 6.07) is 0. The Bertz CT molecular complexity index is 368. The van der Waals surface area contributed by atoms with Crippen LogP contribution in [0.25, 0.3) is 0 Å². The highest BCUT2D eigenvalue weighted by molar-refractivity contribution is 7.99. The highest BCUT2D eigenvalue weighted by Gasteiger charge is 2.46. The summed E-state index contributed by atoms with van der Waals surface area (Å²) in [5, 5.41) is 3.38. The first-order valence-corrected chi connectivity index (χ1v) is 7.14. The van der Waals surface area contributed by atoms with Crippen LogP contribution in [0, 0.1) is 5.41 Å². The van der Waals surface area contributed by atoms with Crippen molar-refractivity contribution < 1.29 is 4.74 Å². The van der Waals surface area contributed by atoms with Crippen molar-refractivity contribution >= 4 is 10.9 Å². The zero-order valence-electron chi connectivity index (χ0n) is 9.76. The second-order valence-corrected chi connectivity index (χ2v) is 6.42. The Morgan fingerprint density at radius 1 is 1.47 bits per heavy atom. The fourth-order valence-corrected chi connectivity index (χ4v) is 3.73. The number of hydrogen-bond donors (Lipinski definition) is 1. The topological polar surface area (TPSA) is 21.3 Å². The summed E-state index contributed by atoms with van der Waals surface area (Å²) in [6.07, 6.45) is 12.0. The fourth-order valence-electron chi connectivity index (χ4n) is 2.35. The Morgan fingerprint density at radius 3 is 2.80 bits per heavy atom. The van der Waals surface area contributed by atoms with Gasteiger partial charge in [-0.25, -0.2) is 0 Å². The van der Waals surface area contributed by atoms with Crippen LogP contribution in [0.1, 0.15) is 13.3 Å².